The molecule has 0 aliphatic rings. The fourth-order valence-corrected chi connectivity index (χ4v) is 8.64. The van der Waals surface area contributed by atoms with Crippen molar-refractivity contribution in [3.8, 4) is 51.0 Å². The molecule has 3 aromatic heterocycles. The summed E-state index contributed by atoms with van der Waals surface area (Å²) in [5, 5.41) is 2.83. The molecule has 4 nitrogen and oxygen atoms in total. The topological polar surface area (TPSA) is 43.6 Å². The van der Waals surface area contributed by atoms with Gasteiger partial charge in [0.1, 0.15) is 0 Å². The zero-order valence-corrected chi connectivity index (χ0v) is 29.2. The van der Waals surface area contributed by atoms with Crippen molar-refractivity contribution in [3.63, 3.8) is 0 Å². The molecule has 8 aromatic carbocycles. The van der Waals surface area contributed by atoms with Crippen molar-refractivity contribution in [2.24, 2.45) is 0 Å². The minimum atomic E-state index is -0.444. The highest BCUT2D eigenvalue weighted by Gasteiger charge is 2.21. The molecular weight excluding hydrogens is 677 g/mol. The van der Waals surface area contributed by atoms with Crippen molar-refractivity contribution >= 4 is 64.1 Å². The van der Waals surface area contributed by atoms with Crippen molar-refractivity contribution in [1.29, 1.82) is 0 Å². The van der Waals surface area contributed by atoms with Crippen LogP contribution >= 0.6 is 11.3 Å². The first-order chi connectivity index (χ1) is 30.1. The summed E-state index contributed by atoms with van der Waals surface area (Å²) < 4.78 is 75.9. The van der Waals surface area contributed by atoms with Gasteiger partial charge < -0.3 is 4.57 Å². The molecule has 0 amide bonds. The van der Waals surface area contributed by atoms with Crippen LogP contribution in [0.3, 0.4) is 0 Å². The van der Waals surface area contributed by atoms with Crippen molar-refractivity contribution < 1.29 is 11.0 Å². The Balaban J connectivity index is 1.31. The lowest BCUT2D eigenvalue weighted by Gasteiger charge is -2.17. The van der Waals surface area contributed by atoms with Gasteiger partial charge in [0.25, 0.3) is 0 Å². The third-order valence-corrected chi connectivity index (χ3v) is 11.1. The number of rotatable bonds is 5. The van der Waals surface area contributed by atoms with E-state index in [9.17, 15) is 5.48 Å². The Morgan fingerprint density at radius 1 is 0.463 bits per heavy atom. The van der Waals surface area contributed by atoms with Crippen molar-refractivity contribution in [2.75, 3.05) is 0 Å². The number of fused-ring (bicyclic) bond motifs is 8. The maximum absolute atomic E-state index is 9.38. The van der Waals surface area contributed by atoms with Gasteiger partial charge in [0.05, 0.1) is 27.7 Å². The number of thiophene rings is 1. The first-order valence-electron chi connectivity index (χ1n) is 21.5. The van der Waals surface area contributed by atoms with Crippen LogP contribution in [0.5, 0.6) is 0 Å². The van der Waals surface area contributed by atoms with Crippen LogP contribution < -0.4 is 0 Å². The smallest absolute Gasteiger partial charge is 0.164 e. The Morgan fingerprint density at radius 3 is 1.94 bits per heavy atom. The van der Waals surface area contributed by atoms with E-state index in [4.69, 9.17) is 20.4 Å². The van der Waals surface area contributed by atoms with Crippen LogP contribution in [0.1, 0.15) is 11.0 Å². The van der Waals surface area contributed by atoms with Gasteiger partial charge >= 0.3 is 0 Å². The first-order valence-corrected chi connectivity index (χ1v) is 18.3. The predicted molar refractivity (Wildman–Crippen MR) is 226 cm³/mol. The van der Waals surface area contributed by atoms with Crippen LogP contribution in [0.15, 0.2) is 182 Å². The van der Waals surface area contributed by atoms with Crippen LogP contribution in [-0.2, 0) is 0 Å². The van der Waals surface area contributed by atoms with Gasteiger partial charge in [-0.15, -0.1) is 11.3 Å². The lowest BCUT2D eigenvalue weighted by atomic mass is 9.98. The van der Waals surface area contributed by atoms with E-state index in [0.717, 1.165) is 36.9 Å². The molecule has 0 radical (unpaired) electrons. The molecule has 5 heteroatoms. The van der Waals surface area contributed by atoms with Gasteiger partial charge in [-0.1, -0.05) is 151 Å². The number of hydrogen-bond acceptors (Lipinski definition) is 4. The van der Waals surface area contributed by atoms with Crippen molar-refractivity contribution in [1.82, 2.24) is 19.5 Å². The van der Waals surface area contributed by atoms with E-state index in [1.807, 2.05) is 103 Å². The Kier molecular flexibility index (Phi) is 5.39. The van der Waals surface area contributed by atoms with E-state index in [1.54, 1.807) is 15.9 Å². The molecule has 54 heavy (non-hydrogen) atoms. The molecule has 252 valence electrons. The quantitative estimate of drug-likeness (QED) is 0.178. The van der Waals surface area contributed by atoms with Crippen LogP contribution in [0.25, 0.3) is 104 Å². The van der Waals surface area contributed by atoms with E-state index in [2.05, 4.69) is 18.2 Å². The molecule has 3 heterocycles. The highest BCUT2D eigenvalue weighted by molar-refractivity contribution is 7.26. The summed E-state index contributed by atoms with van der Waals surface area (Å²) in [6.07, 6.45) is 0. The summed E-state index contributed by atoms with van der Waals surface area (Å²) in [6, 6.07) is 40.2. The lowest BCUT2D eigenvalue weighted by molar-refractivity contribution is 1.07. The van der Waals surface area contributed by atoms with E-state index in [0.29, 0.717) is 34.3 Å². The molecule has 0 spiro atoms. The second-order valence-electron chi connectivity index (χ2n) is 13.0. The molecule has 11 aromatic rings. The second kappa shape index (κ2) is 12.3. The summed E-state index contributed by atoms with van der Waals surface area (Å²) in [7, 11) is 0. The summed E-state index contributed by atoms with van der Waals surface area (Å²) in [4.78, 5) is 15.0. The van der Waals surface area contributed by atoms with Gasteiger partial charge in [0.15, 0.2) is 17.5 Å². The second-order valence-corrected chi connectivity index (χ2v) is 14.0. The highest BCUT2D eigenvalue weighted by Crippen LogP contribution is 2.45. The van der Waals surface area contributed by atoms with Gasteiger partial charge in [-0.2, -0.15) is 0 Å². The number of benzene rings is 8. The number of para-hydroxylation sites is 1. The van der Waals surface area contributed by atoms with Crippen molar-refractivity contribution in [3.05, 3.63) is 182 Å². The molecule has 11 rings (SSSR count). The zero-order chi connectivity index (χ0) is 42.6. The maximum atomic E-state index is 9.38. The standard InChI is InChI=1S/C49H30N4S/c1-3-15-32(16-4-1)47-50-48(33-17-5-2-6-18-33)52-49(51-47)34-27-29-43(41(30-34)40-23-13-22-39-37-21-10-12-25-44(37)54-46(39)40)53-42-24-11-9-20-36(42)38-28-26-31-14-7-8-19-35(31)45(38)53/h1-30H/i7D,8D,9D,14D,19D,20D,24D,28D. The minimum Gasteiger partial charge on any atom is -0.308 e. The molecule has 0 unspecified atom stereocenters. The SMILES string of the molecule is [2H]c1cc([2H])c2c(c1[2H])c1c([2H])cc3c([2H])c([2H])c([2H])c([2H])c3c1n2-c1ccc(-c2nc(-c3ccccc3)nc(-c3ccccc3)n2)cc1-c1cccc2c1sc1ccccc12. The minimum absolute atomic E-state index is 0.0712. The fraction of sp³-hybridized carbons (Fsp3) is 0. The van der Waals surface area contributed by atoms with E-state index >= 15 is 0 Å². The van der Waals surface area contributed by atoms with Gasteiger partial charge in [-0.3, -0.25) is 0 Å². The maximum Gasteiger partial charge on any atom is 0.164 e. The van der Waals surface area contributed by atoms with E-state index in [-0.39, 0.29) is 68.8 Å². The first kappa shape index (κ1) is 23.6. The number of hydrogen-bond donors (Lipinski definition) is 0. The average Bonchev–Trinajstić information content (AvgIpc) is 3.87. The van der Waals surface area contributed by atoms with Gasteiger partial charge in [0, 0.05) is 64.1 Å². The summed E-state index contributed by atoms with van der Waals surface area (Å²) in [5.74, 6) is 1.40. The third kappa shape index (κ3) is 4.86. The molecular formula is C49H30N4S. The van der Waals surface area contributed by atoms with Crippen LogP contribution in [0, 0.1) is 0 Å². The van der Waals surface area contributed by atoms with Gasteiger partial charge in [0.2, 0.25) is 0 Å². The molecule has 0 aliphatic heterocycles. The molecule has 0 atom stereocenters. The largest absolute Gasteiger partial charge is 0.308 e. The molecule has 0 N–H and O–H groups in total. The van der Waals surface area contributed by atoms with Crippen LogP contribution in [-0.4, -0.2) is 19.5 Å². The summed E-state index contributed by atoms with van der Waals surface area (Å²) >= 11 is 1.65. The Morgan fingerprint density at radius 2 is 1.15 bits per heavy atom. The monoisotopic (exact) mass is 714 g/mol. The Bertz CT molecular complexity index is 3630. The van der Waals surface area contributed by atoms with Crippen molar-refractivity contribution in [2.45, 2.75) is 0 Å². The lowest BCUT2D eigenvalue weighted by Crippen LogP contribution is -2.02. The Hall–Kier alpha value is -6.95. The molecule has 0 aliphatic carbocycles. The van der Waals surface area contributed by atoms with E-state index in [1.165, 1.54) is 12.1 Å². The average molecular weight is 715 g/mol. The molecule has 0 saturated heterocycles. The fourth-order valence-electron chi connectivity index (χ4n) is 7.41. The molecule has 0 bridgehead atoms. The van der Waals surface area contributed by atoms with Gasteiger partial charge in [-0.25, -0.2) is 15.0 Å². The summed E-state index contributed by atoms with van der Waals surface area (Å²) in [5.41, 5.74) is 4.84. The predicted octanol–water partition coefficient (Wildman–Crippen LogP) is 13.2. The number of nitrogens with zero attached hydrogens (tertiary/aromatic N) is 4. The third-order valence-electron chi connectivity index (χ3n) is 9.85. The van der Waals surface area contributed by atoms with Crippen LogP contribution in [0.2, 0.25) is 0 Å². The zero-order valence-electron chi connectivity index (χ0n) is 36.4. The van der Waals surface area contributed by atoms with E-state index < -0.39 is 12.1 Å². The Labute approximate surface area is 326 Å². The highest BCUT2D eigenvalue weighted by atomic mass is 32.1. The normalized spacial score (nSPS) is 13.8. The number of aromatic nitrogens is 4. The summed E-state index contributed by atoms with van der Waals surface area (Å²) in [6.45, 7) is 0. The molecule has 0 fully saturated rings. The van der Waals surface area contributed by atoms with Gasteiger partial charge in [-0.05, 0) is 35.7 Å². The van der Waals surface area contributed by atoms with Crippen LogP contribution in [0.4, 0.5) is 0 Å². The molecule has 0 saturated carbocycles.